The Morgan fingerprint density at radius 1 is 1.25 bits per heavy atom. The largest absolute Gasteiger partial charge is 0.495 e. The van der Waals surface area contributed by atoms with Crippen molar-refractivity contribution >= 4 is 40.4 Å². The van der Waals surface area contributed by atoms with Crippen molar-refractivity contribution in [3.05, 3.63) is 52.6 Å². The number of amides is 1. The topological polar surface area (TPSA) is 67.3 Å². The van der Waals surface area contributed by atoms with E-state index in [-0.39, 0.29) is 5.91 Å². The van der Waals surface area contributed by atoms with E-state index in [1.54, 1.807) is 30.7 Å². The number of rotatable bonds is 5. The van der Waals surface area contributed by atoms with E-state index >= 15 is 0 Å². The number of thiazole rings is 1. The van der Waals surface area contributed by atoms with Crippen LogP contribution in [0, 0.1) is 0 Å². The van der Waals surface area contributed by atoms with Crippen LogP contribution in [-0.2, 0) is 0 Å². The lowest BCUT2D eigenvalue weighted by molar-refractivity contribution is 0.102. The lowest BCUT2D eigenvalue weighted by Gasteiger charge is -2.15. The van der Waals surface area contributed by atoms with Gasteiger partial charge in [0, 0.05) is 35.3 Å². The molecule has 28 heavy (non-hydrogen) atoms. The first-order valence-electron chi connectivity index (χ1n) is 8.96. The SMILES string of the molecule is COc1ccc(Cl)cc1NC(=O)c1csc(-c2ccc(N3CCCC3)nc2)n1. The van der Waals surface area contributed by atoms with Crippen molar-refractivity contribution in [3.63, 3.8) is 0 Å². The highest BCUT2D eigenvalue weighted by molar-refractivity contribution is 7.13. The van der Waals surface area contributed by atoms with Crippen LogP contribution in [0.1, 0.15) is 23.3 Å². The summed E-state index contributed by atoms with van der Waals surface area (Å²) in [6, 6.07) is 9.07. The van der Waals surface area contributed by atoms with E-state index in [1.165, 1.54) is 24.2 Å². The maximum Gasteiger partial charge on any atom is 0.275 e. The lowest BCUT2D eigenvalue weighted by atomic mass is 10.2. The Morgan fingerprint density at radius 3 is 2.79 bits per heavy atom. The summed E-state index contributed by atoms with van der Waals surface area (Å²) in [7, 11) is 1.54. The molecule has 8 heteroatoms. The molecule has 0 bridgehead atoms. The number of nitrogens with one attached hydrogen (secondary N) is 1. The van der Waals surface area contributed by atoms with E-state index in [1.807, 2.05) is 18.3 Å². The Kier molecular flexibility index (Phi) is 5.45. The highest BCUT2D eigenvalue weighted by Crippen LogP contribution is 2.29. The fourth-order valence-corrected chi connectivity index (χ4v) is 4.08. The maximum atomic E-state index is 12.6. The molecule has 3 heterocycles. The zero-order valence-corrected chi connectivity index (χ0v) is 16.9. The average molecular weight is 415 g/mol. The van der Waals surface area contributed by atoms with Crippen LogP contribution in [-0.4, -0.2) is 36.1 Å². The fourth-order valence-electron chi connectivity index (χ4n) is 3.12. The van der Waals surface area contributed by atoms with Crippen LogP contribution in [0.25, 0.3) is 10.6 Å². The number of aromatic nitrogens is 2. The molecule has 0 saturated carbocycles. The van der Waals surface area contributed by atoms with Crippen molar-refractivity contribution in [1.29, 1.82) is 0 Å². The minimum atomic E-state index is -0.315. The molecule has 1 saturated heterocycles. The molecule has 0 aliphatic carbocycles. The number of halogens is 1. The van der Waals surface area contributed by atoms with E-state index in [4.69, 9.17) is 16.3 Å². The Morgan fingerprint density at radius 2 is 2.07 bits per heavy atom. The number of hydrogen-bond donors (Lipinski definition) is 1. The molecule has 1 aromatic carbocycles. The number of pyridine rings is 1. The number of carbonyl (C=O) groups excluding carboxylic acids is 1. The molecule has 2 aromatic heterocycles. The van der Waals surface area contributed by atoms with Crippen LogP contribution < -0.4 is 15.0 Å². The molecule has 6 nitrogen and oxygen atoms in total. The summed E-state index contributed by atoms with van der Waals surface area (Å²) < 4.78 is 5.26. The van der Waals surface area contributed by atoms with Crippen LogP contribution in [0.4, 0.5) is 11.5 Å². The average Bonchev–Trinajstić information content (AvgIpc) is 3.41. The van der Waals surface area contributed by atoms with Crippen molar-refractivity contribution in [3.8, 4) is 16.3 Å². The Labute approximate surface area is 172 Å². The number of methoxy groups -OCH3 is 1. The highest BCUT2D eigenvalue weighted by atomic mass is 35.5. The van der Waals surface area contributed by atoms with Crippen molar-refractivity contribution in [2.75, 3.05) is 30.4 Å². The molecule has 0 unspecified atom stereocenters. The third-order valence-corrected chi connectivity index (χ3v) is 5.70. The van der Waals surface area contributed by atoms with Gasteiger partial charge in [0.05, 0.1) is 12.8 Å². The molecule has 1 N–H and O–H groups in total. The quantitative estimate of drug-likeness (QED) is 0.654. The predicted molar refractivity (Wildman–Crippen MR) is 113 cm³/mol. The summed E-state index contributed by atoms with van der Waals surface area (Å²) in [5.41, 5.74) is 1.74. The van der Waals surface area contributed by atoms with Gasteiger partial charge in [-0.3, -0.25) is 4.79 Å². The Bertz CT molecular complexity index is 984. The van der Waals surface area contributed by atoms with Crippen LogP contribution in [0.2, 0.25) is 5.02 Å². The van der Waals surface area contributed by atoms with Gasteiger partial charge in [-0.25, -0.2) is 9.97 Å². The summed E-state index contributed by atoms with van der Waals surface area (Å²) in [5, 5.41) is 5.80. The van der Waals surface area contributed by atoms with Gasteiger partial charge in [0.15, 0.2) is 0 Å². The number of ether oxygens (including phenoxy) is 1. The summed E-state index contributed by atoms with van der Waals surface area (Å²) in [4.78, 5) is 23.9. The molecule has 0 radical (unpaired) electrons. The molecule has 144 valence electrons. The van der Waals surface area contributed by atoms with E-state index < -0.39 is 0 Å². The van der Waals surface area contributed by atoms with Gasteiger partial charge in [0.2, 0.25) is 0 Å². The van der Waals surface area contributed by atoms with E-state index in [0.29, 0.717) is 22.2 Å². The molecule has 4 rings (SSSR count). The molecule has 3 aromatic rings. The minimum absolute atomic E-state index is 0.315. The van der Waals surface area contributed by atoms with Gasteiger partial charge in [-0.1, -0.05) is 11.6 Å². The summed E-state index contributed by atoms with van der Waals surface area (Å²) in [6.07, 6.45) is 4.24. The van der Waals surface area contributed by atoms with E-state index in [9.17, 15) is 4.79 Å². The zero-order valence-electron chi connectivity index (χ0n) is 15.3. The first-order chi connectivity index (χ1) is 13.6. The van der Waals surface area contributed by atoms with Crippen molar-refractivity contribution in [1.82, 2.24) is 9.97 Å². The number of hydrogen-bond acceptors (Lipinski definition) is 6. The first kappa shape index (κ1) is 18.7. The monoisotopic (exact) mass is 414 g/mol. The second-order valence-electron chi connectivity index (χ2n) is 6.44. The fraction of sp³-hybridized carbons (Fsp3) is 0.250. The standard InChI is InChI=1S/C20H19ClN4O2S/c1-27-17-6-5-14(21)10-15(17)23-19(26)16-12-28-20(24-16)13-4-7-18(22-11-13)25-8-2-3-9-25/h4-7,10-12H,2-3,8-9H2,1H3,(H,23,26). The molecule has 1 fully saturated rings. The van der Waals surface area contributed by atoms with Crippen LogP contribution in [0.3, 0.4) is 0 Å². The van der Waals surface area contributed by atoms with Gasteiger partial charge in [-0.05, 0) is 43.2 Å². The van der Waals surface area contributed by atoms with Gasteiger partial charge >= 0.3 is 0 Å². The zero-order chi connectivity index (χ0) is 19.5. The molecule has 0 atom stereocenters. The molecule has 1 amide bonds. The molecule has 0 spiro atoms. The minimum Gasteiger partial charge on any atom is -0.495 e. The Balaban J connectivity index is 1.49. The van der Waals surface area contributed by atoms with Gasteiger partial charge in [-0.15, -0.1) is 11.3 Å². The molecule has 1 aliphatic heterocycles. The predicted octanol–water partition coefficient (Wildman–Crippen LogP) is 4.72. The van der Waals surface area contributed by atoms with Crippen molar-refractivity contribution in [2.24, 2.45) is 0 Å². The second kappa shape index (κ2) is 8.16. The van der Waals surface area contributed by atoms with Gasteiger partial charge in [0.25, 0.3) is 5.91 Å². The Hall–Kier alpha value is -2.64. The number of carbonyl (C=O) groups is 1. The maximum absolute atomic E-state index is 12.6. The number of nitrogens with zero attached hydrogens (tertiary/aromatic N) is 3. The number of anilines is 2. The third kappa shape index (κ3) is 3.95. The summed E-state index contributed by atoms with van der Waals surface area (Å²) >= 11 is 7.43. The normalized spacial score (nSPS) is 13.6. The molecule has 1 aliphatic rings. The smallest absolute Gasteiger partial charge is 0.275 e. The first-order valence-corrected chi connectivity index (χ1v) is 10.2. The van der Waals surface area contributed by atoms with Crippen LogP contribution in [0.5, 0.6) is 5.75 Å². The molecular weight excluding hydrogens is 396 g/mol. The van der Waals surface area contributed by atoms with Crippen molar-refractivity contribution in [2.45, 2.75) is 12.8 Å². The summed E-state index contributed by atoms with van der Waals surface area (Å²) in [6.45, 7) is 2.11. The third-order valence-electron chi connectivity index (χ3n) is 4.57. The number of benzene rings is 1. The second-order valence-corrected chi connectivity index (χ2v) is 7.73. The van der Waals surface area contributed by atoms with Gasteiger partial charge in [-0.2, -0.15) is 0 Å². The van der Waals surface area contributed by atoms with E-state index in [2.05, 4.69) is 20.2 Å². The van der Waals surface area contributed by atoms with Gasteiger partial charge < -0.3 is 15.0 Å². The summed E-state index contributed by atoms with van der Waals surface area (Å²) in [5.74, 6) is 1.21. The van der Waals surface area contributed by atoms with Crippen LogP contribution >= 0.6 is 22.9 Å². The highest BCUT2D eigenvalue weighted by Gasteiger charge is 2.16. The van der Waals surface area contributed by atoms with Crippen LogP contribution in [0.15, 0.2) is 41.9 Å². The lowest BCUT2D eigenvalue weighted by Crippen LogP contribution is -2.18. The molecular formula is C20H19ClN4O2S. The van der Waals surface area contributed by atoms with Crippen molar-refractivity contribution < 1.29 is 9.53 Å². The van der Waals surface area contributed by atoms with Gasteiger partial charge in [0.1, 0.15) is 22.3 Å². The van der Waals surface area contributed by atoms with E-state index in [0.717, 1.165) is 29.5 Å².